The number of likely N-dealkylation sites (tertiary alicyclic amines) is 1. The summed E-state index contributed by atoms with van der Waals surface area (Å²) in [6.07, 6.45) is -4.24. The first kappa shape index (κ1) is 26.6. The van der Waals surface area contributed by atoms with Gasteiger partial charge in [0.15, 0.2) is 11.5 Å². The number of pyridine rings is 2. The van der Waals surface area contributed by atoms with E-state index in [1.807, 2.05) is 18.2 Å². The molecule has 4 aromatic rings. The molecule has 10 nitrogen and oxygen atoms in total. The lowest BCUT2D eigenvalue weighted by Crippen LogP contribution is -2.48. The van der Waals surface area contributed by atoms with Gasteiger partial charge in [0.05, 0.1) is 17.7 Å². The summed E-state index contributed by atoms with van der Waals surface area (Å²) in [4.78, 5) is 17.1. The molecule has 0 spiro atoms. The number of benzene rings is 1. The van der Waals surface area contributed by atoms with Gasteiger partial charge in [-0.05, 0) is 43.2 Å². The van der Waals surface area contributed by atoms with Gasteiger partial charge >= 0.3 is 12.3 Å². The molecule has 1 fully saturated rings. The predicted molar refractivity (Wildman–Crippen MR) is 136 cm³/mol. The number of nitrogens with zero attached hydrogens (tertiary/aromatic N) is 5. The predicted octanol–water partition coefficient (Wildman–Crippen LogP) is 4.31. The lowest BCUT2D eigenvalue weighted by atomic mass is 10.0. The van der Waals surface area contributed by atoms with Crippen LogP contribution in [0, 0.1) is 0 Å². The molecule has 0 radical (unpaired) electrons. The normalized spacial score (nSPS) is 19.0. The van der Waals surface area contributed by atoms with Crippen molar-refractivity contribution in [2.24, 2.45) is 0 Å². The number of hydrogen-bond donors (Lipinski definition) is 2. The molecular formula is C26H27F3N6O4. The van der Waals surface area contributed by atoms with E-state index >= 15 is 0 Å². The minimum Gasteiger partial charge on any atom is -0.491 e. The number of amides is 1. The summed E-state index contributed by atoms with van der Waals surface area (Å²) in [5.41, 5.74) is 0.440. The smallest absolute Gasteiger partial charge is 0.408 e. The van der Waals surface area contributed by atoms with Gasteiger partial charge in [-0.3, -0.25) is 9.30 Å². The Hall–Kier alpha value is -3.97. The molecule has 5 rings (SSSR count). The number of rotatable bonds is 8. The monoisotopic (exact) mass is 544 g/mol. The molecule has 206 valence electrons. The Morgan fingerprint density at radius 2 is 1.97 bits per heavy atom. The van der Waals surface area contributed by atoms with Gasteiger partial charge in [0.2, 0.25) is 0 Å². The standard InChI is InChI=1S/C26H27F3N6O4/c1-25(31-24(36)37)9-10-34(15-25)22(26(27,28)29)17-5-8-21-32-33-23(35(21)14-17)19-7-4-16-3-6-18(13-20(16)30-19)39-12-11-38-2/h3-8,13-14,22,31H,9-12,15H2,1-2H3,(H,36,37)/t22-,25-/m0/s1. The third kappa shape index (κ3) is 5.59. The molecule has 2 atom stereocenters. The van der Waals surface area contributed by atoms with Crippen molar-refractivity contribution < 1.29 is 32.5 Å². The highest BCUT2D eigenvalue weighted by Gasteiger charge is 2.49. The average Bonchev–Trinajstić information content (AvgIpc) is 3.45. The van der Waals surface area contributed by atoms with Crippen molar-refractivity contribution >= 4 is 22.6 Å². The minimum absolute atomic E-state index is 0.00903. The Kier molecular flexibility index (Phi) is 7.03. The summed E-state index contributed by atoms with van der Waals surface area (Å²) in [6, 6.07) is 9.98. The average molecular weight is 545 g/mol. The lowest BCUT2D eigenvalue weighted by molar-refractivity contribution is -0.184. The number of aromatic nitrogens is 4. The number of ether oxygens (including phenoxy) is 2. The highest BCUT2D eigenvalue weighted by atomic mass is 19.4. The maximum absolute atomic E-state index is 14.4. The molecule has 1 aliphatic rings. The molecular weight excluding hydrogens is 517 g/mol. The Balaban J connectivity index is 1.50. The van der Waals surface area contributed by atoms with Crippen LogP contribution >= 0.6 is 0 Å². The van der Waals surface area contributed by atoms with E-state index in [-0.39, 0.29) is 25.1 Å². The van der Waals surface area contributed by atoms with Crippen molar-refractivity contribution in [3.05, 3.63) is 54.2 Å². The van der Waals surface area contributed by atoms with Gasteiger partial charge in [-0.1, -0.05) is 12.1 Å². The Morgan fingerprint density at radius 1 is 1.18 bits per heavy atom. The molecule has 3 aromatic heterocycles. The fraction of sp³-hybridized carbons (Fsp3) is 0.385. The Labute approximate surface area is 221 Å². The fourth-order valence-electron chi connectivity index (χ4n) is 4.98. The zero-order chi connectivity index (χ0) is 27.8. The van der Waals surface area contributed by atoms with Crippen LogP contribution in [0.4, 0.5) is 18.0 Å². The molecule has 1 aromatic carbocycles. The second-order valence-electron chi connectivity index (χ2n) is 9.76. The van der Waals surface area contributed by atoms with E-state index in [9.17, 15) is 18.0 Å². The molecule has 0 aliphatic carbocycles. The van der Waals surface area contributed by atoms with Gasteiger partial charge < -0.3 is 19.9 Å². The Morgan fingerprint density at radius 3 is 2.72 bits per heavy atom. The maximum atomic E-state index is 14.4. The molecule has 1 saturated heterocycles. The molecule has 13 heteroatoms. The van der Waals surface area contributed by atoms with Crippen molar-refractivity contribution in [1.29, 1.82) is 0 Å². The molecule has 0 bridgehead atoms. The van der Waals surface area contributed by atoms with Crippen LogP contribution in [0.3, 0.4) is 0 Å². The van der Waals surface area contributed by atoms with E-state index in [0.29, 0.717) is 41.6 Å². The number of carboxylic acid groups (broad SMARTS) is 1. The summed E-state index contributed by atoms with van der Waals surface area (Å²) in [5, 5.41) is 20.7. The van der Waals surface area contributed by atoms with Crippen LogP contribution in [0.15, 0.2) is 48.7 Å². The topological polar surface area (TPSA) is 114 Å². The van der Waals surface area contributed by atoms with Crippen LogP contribution in [0.1, 0.15) is 24.9 Å². The van der Waals surface area contributed by atoms with Gasteiger partial charge in [0, 0.05) is 37.8 Å². The van der Waals surface area contributed by atoms with Crippen molar-refractivity contribution in [3.8, 4) is 17.3 Å². The highest BCUT2D eigenvalue weighted by molar-refractivity contribution is 5.82. The van der Waals surface area contributed by atoms with Gasteiger partial charge in [-0.2, -0.15) is 13.2 Å². The second-order valence-corrected chi connectivity index (χ2v) is 9.76. The number of alkyl halides is 3. The molecule has 1 aliphatic heterocycles. The van der Waals surface area contributed by atoms with E-state index in [0.717, 1.165) is 5.39 Å². The Bertz CT molecular complexity index is 1510. The quantitative estimate of drug-likeness (QED) is 0.316. The fourth-order valence-corrected chi connectivity index (χ4v) is 4.98. The summed E-state index contributed by atoms with van der Waals surface area (Å²) in [5.74, 6) is 0.903. The molecule has 2 N–H and O–H groups in total. The van der Waals surface area contributed by atoms with Gasteiger partial charge in [-0.25, -0.2) is 9.78 Å². The van der Waals surface area contributed by atoms with Crippen LogP contribution in [0.2, 0.25) is 0 Å². The molecule has 39 heavy (non-hydrogen) atoms. The number of methoxy groups -OCH3 is 1. The first-order valence-corrected chi connectivity index (χ1v) is 12.3. The SMILES string of the molecule is COCCOc1ccc2ccc(-c3nnc4ccc([C@H](N5CC[C@](C)(NC(=O)O)C5)C(F)(F)F)cn34)nc2c1. The van der Waals surface area contributed by atoms with Gasteiger partial charge in [0.25, 0.3) is 0 Å². The van der Waals surface area contributed by atoms with Crippen LogP contribution in [-0.4, -0.2) is 80.8 Å². The number of fused-ring (bicyclic) bond motifs is 2. The van der Waals surface area contributed by atoms with Gasteiger partial charge in [-0.15, -0.1) is 10.2 Å². The summed E-state index contributed by atoms with van der Waals surface area (Å²) >= 11 is 0. The molecule has 0 unspecified atom stereocenters. The maximum Gasteiger partial charge on any atom is 0.408 e. The second kappa shape index (κ2) is 10.3. The first-order chi connectivity index (χ1) is 18.6. The van der Waals surface area contributed by atoms with E-state index in [2.05, 4.69) is 20.5 Å². The number of hydrogen-bond acceptors (Lipinski definition) is 7. The van der Waals surface area contributed by atoms with E-state index in [4.69, 9.17) is 14.6 Å². The summed E-state index contributed by atoms with van der Waals surface area (Å²) in [7, 11) is 1.58. The van der Waals surface area contributed by atoms with Crippen molar-refractivity contribution in [3.63, 3.8) is 0 Å². The lowest BCUT2D eigenvalue weighted by Gasteiger charge is -2.32. The van der Waals surface area contributed by atoms with Crippen molar-refractivity contribution in [1.82, 2.24) is 29.8 Å². The van der Waals surface area contributed by atoms with Crippen molar-refractivity contribution in [2.45, 2.75) is 31.1 Å². The van der Waals surface area contributed by atoms with E-state index < -0.39 is 23.9 Å². The van der Waals surface area contributed by atoms with Crippen LogP contribution in [0.25, 0.3) is 28.1 Å². The van der Waals surface area contributed by atoms with Crippen molar-refractivity contribution in [2.75, 3.05) is 33.4 Å². The third-order valence-corrected chi connectivity index (χ3v) is 6.78. The first-order valence-electron chi connectivity index (χ1n) is 12.3. The minimum atomic E-state index is -4.60. The van der Waals surface area contributed by atoms with Crippen LogP contribution in [0.5, 0.6) is 5.75 Å². The summed E-state index contributed by atoms with van der Waals surface area (Å²) in [6.45, 7) is 2.41. The zero-order valence-electron chi connectivity index (χ0n) is 21.3. The van der Waals surface area contributed by atoms with E-state index in [1.54, 1.807) is 26.2 Å². The number of nitrogens with one attached hydrogen (secondary N) is 1. The largest absolute Gasteiger partial charge is 0.491 e. The number of carbonyl (C=O) groups is 1. The highest BCUT2D eigenvalue weighted by Crippen LogP contribution is 2.41. The molecule has 0 saturated carbocycles. The molecule has 4 heterocycles. The summed E-state index contributed by atoms with van der Waals surface area (Å²) < 4.78 is 55.3. The van der Waals surface area contributed by atoms with Crippen LogP contribution in [-0.2, 0) is 4.74 Å². The third-order valence-electron chi connectivity index (χ3n) is 6.78. The van der Waals surface area contributed by atoms with Gasteiger partial charge in [0.1, 0.15) is 24.1 Å². The van der Waals surface area contributed by atoms with Crippen LogP contribution < -0.4 is 10.1 Å². The zero-order valence-corrected chi connectivity index (χ0v) is 21.3. The van der Waals surface area contributed by atoms with E-state index in [1.165, 1.54) is 27.6 Å². The number of halogens is 3. The molecule has 1 amide bonds.